The molecule has 2 rings (SSSR count). The fourth-order valence-corrected chi connectivity index (χ4v) is 3.54. The summed E-state index contributed by atoms with van der Waals surface area (Å²) in [5.74, 6) is 1.55. The number of nitrogens with two attached hydrogens (primary N) is 1. The second-order valence-electron chi connectivity index (χ2n) is 5.56. The van der Waals surface area contributed by atoms with Gasteiger partial charge in [-0.25, -0.2) is 0 Å². The molecule has 3 nitrogen and oxygen atoms in total. The molecule has 2 aliphatic heterocycles. The lowest BCUT2D eigenvalue weighted by atomic mass is 9.74. The van der Waals surface area contributed by atoms with Gasteiger partial charge in [0.2, 0.25) is 0 Å². The average Bonchev–Trinajstić information content (AvgIpc) is 2.30. The second-order valence-corrected chi connectivity index (χ2v) is 5.56. The molecule has 2 heterocycles. The summed E-state index contributed by atoms with van der Waals surface area (Å²) in [6.07, 6.45) is 4.00. The predicted molar refractivity (Wildman–Crippen MR) is 68.4 cm³/mol. The summed E-state index contributed by atoms with van der Waals surface area (Å²) in [6.45, 7) is 9.27. The van der Waals surface area contributed by atoms with Crippen molar-refractivity contribution in [3.8, 4) is 0 Å². The van der Waals surface area contributed by atoms with Gasteiger partial charge in [-0.15, -0.1) is 0 Å². The number of rotatable bonds is 2. The van der Waals surface area contributed by atoms with Gasteiger partial charge in [0.15, 0.2) is 0 Å². The summed E-state index contributed by atoms with van der Waals surface area (Å²) in [4.78, 5) is 2.49. The summed E-state index contributed by atoms with van der Waals surface area (Å²) in [7, 11) is 0. The molecule has 2 fully saturated rings. The summed E-state index contributed by atoms with van der Waals surface area (Å²) >= 11 is 0. The molecule has 0 aromatic rings. The van der Waals surface area contributed by atoms with Gasteiger partial charge in [-0.3, -0.25) is 0 Å². The van der Waals surface area contributed by atoms with E-state index in [4.69, 9.17) is 5.73 Å². The Morgan fingerprint density at radius 2 is 2.12 bits per heavy atom. The van der Waals surface area contributed by atoms with Crippen LogP contribution in [0.3, 0.4) is 0 Å². The van der Waals surface area contributed by atoms with E-state index in [-0.39, 0.29) is 0 Å². The van der Waals surface area contributed by atoms with E-state index >= 15 is 0 Å². The molecule has 2 saturated heterocycles. The van der Waals surface area contributed by atoms with Crippen molar-refractivity contribution in [2.75, 3.05) is 26.2 Å². The molecule has 4 atom stereocenters. The highest BCUT2D eigenvalue weighted by Gasteiger charge is 2.35. The van der Waals surface area contributed by atoms with Crippen molar-refractivity contribution in [2.24, 2.45) is 17.6 Å². The maximum absolute atomic E-state index is 6.37. The Bertz CT molecular complexity index is 219. The number of piperidine rings is 2. The molecule has 0 aromatic heterocycles. The van der Waals surface area contributed by atoms with Crippen LogP contribution in [-0.2, 0) is 0 Å². The molecule has 0 aromatic carbocycles. The van der Waals surface area contributed by atoms with Crippen molar-refractivity contribution in [3.05, 3.63) is 0 Å². The molecule has 16 heavy (non-hydrogen) atoms. The van der Waals surface area contributed by atoms with Crippen LogP contribution in [0.5, 0.6) is 0 Å². The Kier molecular flexibility index (Phi) is 4.22. The summed E-state index contributed by atoms with van der Waals surface area (Å²) in [5.41, 5.74) is 6.37. The van der Waals surface area contributed by atoms with Crippen LogP contribution in [0, 0.1) is 11.8 Å². The second kappa shape index (κ2) is 5.48. The van der Waals surface area contributed by atoms with Crippen molar-refractivity contribution in [1.82, 2.24) is 10.2 Å². The maximum Gasteiger partial charge on any atom is 0.0200 e. The number of likely N-dealkylation sites (tertiary alicyclic amines) is 1. The molecule has 0 bridgehead atoms. The lowest BCUT2D eigenvalue weighted by Crippen LogP contribution is -2.54. The van der Waals surface area contributed by atoms with Crippen LogP contribution in [0.25, 0.3) is 0 Å². The molecule has 0 radical (unpaired) electrons. The van der Waals surface area contributed by atoms with Crippen LogP contribution in [0.1, 0.15) is 33.1 Å². The molecule has 0 saturated carbocycles. The smallest absolute Gasteiger partial charge is 0.0200 e. The van der Waals surface area contributed by atoms with Gasteiger partial charge in [-0.2, -0.15) is 0 Å². The maximum atomic E-state index is 6.37. The first-order valence-corrected chi connectivity index (χ1v) is 6.93. The van der Waals surface area contributed by atoms with E-state index in [0.29, 0.717) is 12.1 Å². The average molecular weight is 225 g/mol. The van der Waals surface area contributed by atoms with E-state index in [1.54, 1.807) is 0 Å². The van der Waals surface area contributed by atoms with E-state index in [9.17, 15) is 0 Å². The minimum atomic E-state index is 0.390. The van der Waals surface area contributed by atoms with Gasteiger partial charge >= 0.3 is 0 Å². The Morgan fingerprint density at radius 3 is 2.75 bits per heavy atom. The van der Waals surface area contributed by atoms with Crippen molar-refractivity contribution >= 4 is 0 Å². The highest BCUT2D eigenvalue weighted by molar-refractivity contribution is 4.92. The van der Waals surface area contributed by atoms with E-state index in [1.807, 2.05) is 0 Å². The Labute approximate surface area is 99.8 Å². The first-order chi connectivity index (χ1) is 7.72. The van der Waals surface area contributed by atoms with Crippen LogP contribution in [0.4, 0.5) is 0 Å². The molecule has 0 aliphatic carbocycles. The summed E-state index contributed by atoms with van der Waals surface area (Å²) in [5, 5.41) is 3.61. The lowest BCUT2D eigenvalue weighted by molar-refractivity contribution is 0.0957. The molecule has 3 heteroatoms. The van der Waals surface area contributed by atoms with Crippen molar-refractivity contribution in [2.45, 2.75) is 45.2 Å². The van der Waals surface area contributed by atoms with Gasteiger partial charge in [-0.1, -0.05) is 6.92 Å². The van der Waals surface area contributed by atoms with Crippen molar-refractivity contribution < 1.29 is 0 Å². The van der Waals surface area contributed by atoms with Gasteiger partial charge in [0.1, 0.15) is 0 Å². The molecule has 3 N–H and O–H groups in total. The zero-order chi connectivity index (χ0) is 11.5. The molecule has 2 aliphatic rings. The number of hydrogen-bond donors (Lipinski definition) is 2. The van der Waals surface area contributed by atoms with E-state index in [1.165, 1.54) is 32.4 Å². The zero-order valence-corrected chi connectivity index (χ0v) is 10.8. The molecule has 4 unspecified atom stereocenters. The Balaban J connectivity index is 1.93. The van der Waals surface area contributed by atoms with Crippen LogP contribution in [0.15, 0.2) is 0 Å². The number of hydrogen-bond acceptors (Lipinski definition) is 3. The zero-order valence-electron chi connectivity index (χ0n) is 10.8. The van der Waals surface area contributed by atoms with Gasteiger partial charge in [-0.05, 0) is 57.7 Å². The molecule has 0 spiro atoms. The van der Waals surface area contributed by atoms with Crippen molar-refractivity contribution in [3.63, 3.8) is 0 Å². The quantitative estimate of drug-likeness (QED) is 0.738. The number of likely N-dealkylation sites (N-methyl/N-ethyl adjacent to an activating group) is 1. The predicted octanol–water partition coefficient (Wildman–Crippen LogP) is 1.04. The Morgan fingerprint density at radius 1 is 1.31 bits per heavy atom. The fraction of sp³-hybridized carbons (Fsp3) is 1.00. The fourth-order valence-electron chi connectivity index (χ4n) is 3.54. The first kappa shape index (κ1) is 12.3. The third-order valence-corrected chi connectivity index (χ3v) is 4.62. The Hall–Kier alpha value is -0.120. The van der Waals surface area contributed by atoms with Crippen LogP contribution in [0.2, 0.25) is 0 Å². The van der Waals surface area contributed by atoms with Gasteiger partial charge < -0.3 is 16.0 Å². The molecule has 94 valence electrons. The standard InChI is InChI=1S/C13H27N3/c1-3-16-8-6-12(13(14)9-16)11-5-4-7-15-10(11)2/h10-13,15H,3-9,14H2,1-2H3. The number of nitrogens with zero attached hydrogens (tertiary/aromatic N) is 1. The molecular weight excluding hydrogens is 198 g/mol. The number of nitrogens with one attached hydrogen (secondary N) is 1. The van der Waals surface area contributed by atoms with Crippen LogP contribution >= 0.6 is 0 Å². The highest BCUT2D eigenvalue weighted by atomic mass is 15.1. The van der Waals surface area contributed by atoms with Gasteiger partial charge in [0.05, 0.1) is 0 Å². The third kappa shape index (κ3) is 2.58. The topological polar surface area (TPSA) is 41.3 Å². The normalized spacial score (nSPS) is 42.2. The SMILES string of the molecule is CCN1CCC(C2CCCNC2C)C(N)C1. The summed E-state index contributed by atoms with van der Waals surface area (Å²) < 4.78 is 0. The minimum Gasteiger partial charge on any atom is -0.326 e. The molecule has 0 amide bonds. The minimum absolute atomic E-state index is 0.390. The van der Waals surface area contributed by atoms with Crippen LogP contribution < -0.4 is 11.1 Å². The third-order valence-electron chi connectivity index (χ3n) is 4.62. The van der Waals surface area contributed by atoms with Crippen molar-refractivity contribution in [1.29, 1.82) is 0 Å². The van der Waals surface area contributed by atoms with Crippen LogP contribution in [-0.4, -0.2) is 43.2 Å². The van der Waals surface area contributed by atoms with Gasteiger partial charge in [0, 0.05) is 18.6 Å². The largest absolute Gasteiger partial charge is 0.326 e. The monoisotopic (exact) mass is 225 g/mol. The highest BCUT2D eigenvalue weighted by Crippen LogP contribution is 2.31. The van der Waals surface area contributed by atoms with E-state index < -0.39 is 0 Å². The first-order valence-electron chi connectivity index (χ1n) is 6.93. The summed E-state index contributed by atoms with van der Waals surface area (Å²) in [6, 6.07) is 1.05. The lowest BCUT2D eigenvalue weighted by Gasteiger charge is -2.44. The molecular formula is C13H27N3. The van der Waals surface area contributed by atoms with E-state index in [2.05, 4.69) is 24.1 Å². The van der Waals surface area contributed by atoms with E-state index in [0.717, 1.165) is 24.9 Å². The van der Waals surface area contributed by atoms with Gasteiger partial charge in [0.25, 0.3) is 0 Å².